The predicted molar refractivity (Wildman–Crippen MR) is 97.1 cm³/mol. The number of halogens is 3. The molecule has 148 valence electrons. The molecule has 1 aliphatic rings. The second kappa shape index (κ2) is 8.15. The molecule has 28 heavy (non-hydrogen) atoms. The maximum absolute atomic E-state index is 13.8. The van der Waals surface area contributed by atoms with E-state index in [9.17, 15) is 26.4 Å². The van der Waals surface area contributed by atoms with E-state index >= 15 is 0 Å². The number of sulfonamides is 1. The number of rotatable bonds is 4. The van der Waals surface area contributed by atoms with Gasteiger partial charge in [0.05, 0.1) is 0 Å². The highest BCUT2D eigenvalue weighted by atomic mass is 32.2. The molecule has 0 unspecified atom stereocenters. The number of benzene rings is 2. The molecule has 3 rings (SSSR count). The lowest BCUT2D eigenvalue weighted by atomic mass is 10.2. The van der Waals surface area contributed by atoms with Gasteiger partial charge in [0.2, 0.25) is 15.9 Å². The summed E-state index contributed by atoms with van der Waals surface area (Å²) in [6.07, 6.45) is 2.87. The van der Waals surface area contributed by atoms with Crippen LogP contribution in [0.3, 0.4) is 0 Å². The van der Waals surface area contributed by atoms with Crippen molar-refractivity contribution in [2.75, 3.05) is 26.2 Å². The average molecular weight is 410 g/mol. The first-order valence-electron chi connectivity index (χ1n) is 8.45. The molecule has 0 aromatic heterocycles. The summed E-state index contributed by atoms with van der Waals surface area (Å²) in [7, 11) is -4.12. The van der Waals surface area contributed by atoms with Gasteiger partial charge in [-0.25, -0.2) is 21.6 Å². The largest absolute Gasteiger partial charge is 0.337 e. The van der Waals surface area contributed by atoms with Crippen molar-refractivity contribution >= 4 is 22.0 Å². The average Bonchev–Trinajstić information content (AvgIpc) is 2.67. The first kappa shape index (κ1) is 20.1. The number of carbonyl (C=O) groups is 1. The molecule has 1 fully saturated rings. The summed E-state index contributed by atoms with van der Waals surface area (Å²) < 4.78 is 65.9. The molecule has 9 heteroatoms. The van der Waals surface area contributed by atoms with Crippen LogP contribution in [0.2, 0.25) is 0 Å². The van der Waals surface area contributed by atoms with E-state index in [0.717, 1.165) is 16.4 Å². The molecule has 1 aliphatic heterocycles. The molecule has 5 nitrogen and oxygen atoms in total. The number of hydrogen-bond acceptors (Lipinski definition) is 3. The molecule has 0 spiro atoms. The Bertz CT molecular complexity index is 1000. The maximum atomic E-state index is 13.8. The van der Waals surface area contributed by atoms with Crippen molar-refractivity contribution < 1.29 is 26.4 Å². The minimum Gasteiger partial charge on any atom is -0.337 e. The monoisotopic (exact) mass is 410 g/mol. The Labute approximate surface area is 160 Å². The van der Waals surface area contributed by atoms with Gasteiger partial charge in [-0.3, -0.25) is 4.79 Å². The van der Waals surface area contributed by atoms with Crippen LogP contribution in [0, 0.1) is 17.5 Å². The van der Waals surface area contributed by atoms with E-state index in [1.165, 1.54) is 35.2 Å². The Morgan fingerprint density at radius 3 is 2.11 bits per heavy atom. The minimum atomic E-state index is -4.12. The van der Waals surface area contributed by atoms with Crippen molar-refractivity contribution in [1.29, 1.82) is 0 Å². The summed E-state index contributed by atoms with van der Waals surface area (Å²) in [6, 6.07) is 7.91. The minimum absolute atomic E-state index is 0.00468. The summed E-state index contributed by atoms with van der Waals surface area (Å²) in [5.41, 5.74) is 0.655. The first-order chi connectivity index (χ1) is 13.3. The highest BCUT2D eigenvalue weighted by molar-refractivity contribution is 7.89. The van der Waals surface area contributed by atoms with Gasteiger partial charge in [-0.15, -0.1) is 0 Å². The maximum Gasteiger partial charge on any atom is 0.246 e. The van der Waals surface area contributed by atoms with Crippen molar-refractivity contribution in [1.82, 2.24) is 9.21 Å². The van der Waals surface area contributed by atoms with E-state index in [-0.39, 0.29) is 37.9 Å². The summed E-state index contributed by atoms with van der Waals surface area (Å²) in [4.78, 5) is 13.1. The number of nitrogens with zero attached hydrogens (tertiary/aromatic N) is 2. The number of hydrogen-bond donors (Lipinski definition) is 0. The molecule has 1 saturated heterocycles. The lowest BCUT2D eigenvalue weighted by Gasteiger charge is -2.33. The zero-order valence-corrected chi connectivity index (χ0v) is 15.5. The highest BCUT2D eigenvalue weighted by Gasteiger charge is 2.31. The molecule has 0 N–H and O–H groups in total. The van der Waals surface area contributed by atoms with Gasteiger partial charge in [0.1, 0.15) is 22.3 Å². The molecule has 0 aliphatic carbocycles. The van der Waals surface area contributed by atoms with Crippen LogP contribution in [0.4, 0.5) is 13.2 Å². The van der Waals surface area contributed by atoms with Gasteiger partial charge in [0.25, 0.3) is 0 Å². The fraction of sp³-hybridized carbons (Fsp3) is 0.211. The molecule has 1 heterocycles. The summed E-state index contributed by atoms with van der Waals surface area (Å²) in [5, 5.41) is 0. The van der Waals surface area contributed by atoms with Crippen LogP contribution in [-0.2, 0) is 14.8 Å². The first-order valence-corrected chi connectivity index (χ1v) is 9.89. The van der Waals surface area contributed by atoms with Crippen molar-refractivity contribution in [3.63, 3.8) is 0 Å². The Hall–Kier alpha value is -2.65. The molecule has 0 saturated carbocycles. The smallest absolute Gasteiger partial charge is 0.246 e. The number of amides is 1. The molecule has 0 radical (unpaired) electrons. The lowest BCUT2D eigenvalue weighted by molar-refractivity contribution is -0.127. The Balaban J connectivity index is 1.63. The molecular formula is C19H17F3N2O3S. The zero-order valence-electron chi connectivity index (χ0n) is 14.7. The van der Waals surface area contributed by atoms with Crippen molar-refractivity contribution in [3.05, 3.63) is 71.6 Å². The SMILES string of the molecule is O=C(/C=C/c1ccc(F)cc1)N1CCN(S(=O)(=O)c2ccc(F)cc2F)CC1. The van der Waals surface area contributed by atoms with Gasteiger partial charge in [0, 0.05) is 38.3 Å². The predicted octanol–water partition coefficient (Wildman–Crippen LogP) is 2.65. The third-order valence-electron chi connectivity index (χ3n) is 4.35. The summed E-state index contributed by atoms with van der Waals surface area (Å²) >= 11 is 0. The van der Waals surface area contributed by atoms with Gasteiger partial charge in [-0.1, -0.05) is 12.1 Å². The molecule has 0 bridgehead atoms. The topological polar surface area (TPSA) is 57.7 Å². The van der Waals surface area contributed by atoms with Crippen molar-refractivity contribution in [2.24, 2.45) is 0 Å². The van der Waals surface area contributed by atoms with Crippen LogP contribution >= 0.6 is 0 Å². The summed E-state index contributed by atoms with van der Waals surface area (Å²) in [5.74, 6) is -2.70. The van der Waals surface area contributed by atoms with Crippen LogP contribution < -0.4 is 0 Å². The zero-order chi connectivity index (χ0) is 20.3. The second-order valence-corrected chi connectivity index (χ2v) is 8.10. The van der Waals surface area contributed by atoms with Crippen molar-refractivity contribution in [3.8, 4) is 0 Å². The third kappa shape index (κ3) is 4.42. The second-order valence-electron chi connectivity index (χ2n) is 6.19. The van der Waals surface area contributed by atoms with E-state index in [4.69, 9.17) is 0 Å². The Kier molecular flexibility index (Phi) is 5.85. The molecule has 1 amide bonds. The van der Waals surface area contributed by atoms with E-state index in [1.807, 2.05) is 0 Å². The standard InChI is InChI=1S/C19H17F3N2O3S/c20-15-4-1-14(2-5-15)3-8-19(25)23-9-11-24(12-10-23)28(26,27)18-7-6-16(21)13-17(18)22/h1-8,13H,9-12H2/b8-3+. The molecular weight excluding hydrogens is 393 g/mol. The highest BCUT2D eigenvalue weighted by Crippen LogP contribution is 2.21. The van der Waals surface area contributed by atoms with Crippen LogP contribution in [0.15, 0.2) is 53.4 Å². The van der Waals surface area contributed by atoms with Gasteiger partial charge >= 0.3 is 0 Å². The number of piperazine rings is 1. The van der Waals surface area contributed by atoms with Crippen LogP contribution in [0.25, 0.3) is 6.08 Å². The van der Waals surface area contributed by atoms with Gasteiger partial charge < -0.3 is 4.90 Å². The van der Waals surface area contributed by atoms with E-state index < -0.39 is 26.6 Å². The normalized spacial score (nSPS) is 15.9. The van der Waals surface area contributed by atoms with Crippen LogP contribution in [0.1, 0.15) is 5.56 Å². The Morgan fingerprint density at radius 2 is 1.50 bits per heavy atom. The summed E-state index contributed by atoms with van der Waals surface area (Å²) in [6.45, 7) is 0.258. The van der Waals surface area contributed by atoms with Crippen molar-refractivity contribution in [2.45, 2.75) is 4.90 Å². The Morgan fingerprint density at radius 1 is 0.893 bits per heavy atom. The fourth-order valence-corrected chi connectivity index (χ4v) is 4.29. The van der Waals surface area contributed by atoms with Crippen LogP contribution in [0.5, 0.6) is 0 Å². The lowest BCUT2D eigenvalue weighted by Crippen LogP contribution is -2.50. The fourth-order valence-electron chi connectivity index (χ4n) is 2.82. The number of carbonyl (C=O) groups excluding carboxylic acids is 1. The van der Waals surface area contributed by atoms with E-state index in [2.05, 4.69) is 0 Å². The van der Waals surface area contributed by atoms with Gasteiger partial charge in [-0.05, 0) is 35.9 Å². The van der Waals surface area contributed by atoms with E-state index in [1.54, 1.807) is 6.08 Å². The van der Waals surface area contributed by atoms with Gasteiger partial charge in [0.15, 0.2) is 0 Å². The van der Waals surface area contributed by atoms with E-state index in [0.29, 0.717) is 11.6 Å². The molecule has 2 aromatic rings. The quantitative estimate of drug-likeness (QED) is 0.729. The molecule has 0 atom stereocenters. The molecule has 2 aromatic carbocycles. The van der Waals surface area contributed by atoms with Gasteiger partial charge in [-0.2, -0.15) is 4.31 Å². The van der Waals surface area contributed by atoms with Crippen LogP contribution in [-0.4, -0.2) is 49.7 Å². The third-order valence-corrected chi connectivity index (χ3v) is 6.28.